The number of halogens is 2. The number of carbonyl (C=O) groups excluding carboxylic acids is 1. The Hall–Kier alpha value is -0.970. The van der Waals surface area contributed by atoms with Crippen molar-refractivity contribution in [3.63, 3.8) is 0 Å². The zero-order valence-electron chi connectivity index (χ0n) is 11.9. The van der Waals surface area contributed by atoms with E-state index in [1.807, 2.05) is 0 Å². The lowest BCUT2D eigenvalue weighted by Crippen LogP contribution is -2.31. The molecule has 2 unspecified atom stereocenters. The first kappa shape index (κ1) is 16.4. The van der Waals surface area contributed by atoms with Gasteiger partial charge in [0.25, 0.3) is 0 Å². The average molecular weight is 332 g/mol. The summed E-state index contributed by atoms with van der Waals surface area (Å²) in [5, 5.41) is 10.4. The Balaban J connectivity index is 1.76. The number of rotatable bonds is 5. The van der Waals surface area contributed by atoms with Gasteiger partial charge in [-0.15, -0.1) is 0 Å². The number of hydrogen-bond acceptors (Lipinski definition) is 3. The van der Waals surface area contributed by atoms with Crippen LogP contribution in [-0.4, -0.2) is 41.7 Å². The molecule has 21 heavy (non-hydrogen) atoms. The molecule has 1 heterocycles. The molecule has 4 nitrogen and oxygen atoms in total. The SMILES string of the molecule is CC(O)C1CCN(C(=O)CCOc2ccc(Cl)c(Cl)c2)C1. The van der Waals surface area contributed by atoms with Gasteiger partial charge in [-0.3, -0.25) is 4.79 Å². The zero-order chi connectivity index (χ0) is 15.4. The molecule has 2 atom stereocenters. The van der Waals surface area contributed by atoms with Gasteiger partial charge >= 0.3 is 0 Å². The van der Waals surface area contributed by atoms with Crippen LogP contribution in [0.2, 0.25) is 10.0 Å². The molecule has 1 saturated heterocycles. The van der Waals surface area contributed by atoms with E-state index in [1.54, 1.807) is 30.0 Å². The summed E-state index contributed by atoms with van der Waals surface area (Å²) in [6.45, 7) is 3.41. The van der Waals surface area contributed by atoms with E-state index in [0.29, 0.717) is 41.9 Å². The molecular formula is C15H19Cl2NO3. The number of benzene rings is 1. The van der Waals surface area contributed by atoms with Gasteiger partial charge in [0.05, 0.1) is 29.2 Å². The maximum Gasteiger partial charge on any atom is 0.226 e. The summed E-state index contributed by atoms with van der Waals surface area (Å²) in [5.41, 5.74) is 0. The smallest absolute Gasteiger partial charge is 0.226 e. The van der Waals surface area contributed by atoms with Crippen LogP contribution in [0, 0.1) is 5.92 Å². The molecule has 1 aliphatic rings. The standard InChI is InChI=1S/C15H19Cl2NO3/c1-10(19)11-4-6-18(9-11)15(20)5-7-21-12-2-3-13(16)14(17)8-12/h2-3,8,10-11,19H,4-7,9H2,1H3. The maximum atomic E-state index is 12.0. The quantitative estimate of drug-likeness (QED) is 0.902. The first-order valence-corrected chi connectivity index (χ1v) is 7.76. The van der Waals surface area contributed by atoms with Gasteiger partial charge in [-0.25, -0.2) is 0 Å². The van der Waals surface area contributed by atoms with Crippen molar-refractivity contribution in [2.45, 2.75) is 25.9 Å². The molecule has 0 bridgehead atoms. The van der Waals surface area contributed by atoms with Crippen LogP contribution < -0.4 is 4.74 Å². The Bertz CT molecular complexity index is 508. The summed E-state index contributed by atoms with van der Waals surface area (Å²) in [6, 6.07) is 5.01. The lowest BCUT2D eigenvalue weighted by molar-refractivity contribution is -0.130. The van der Waals surface area contributed by atoms with Gasteiger partial charge in [0.1, 0.15) is 5.75 Å². The molecule has 0 aliphatic carbocycles. The van der Waals surface area contributed by atoms with Crippen molar-refractivity contribution in [2.24, 2.45) is 5.92 Å². The van der Waals surface area contributed by atoms with Crippen LogP contribution in [0.4, 0.5) is 0 Å². The second-order valence-electron chi connectivity index (χ2n) is 5.30. The molecule has 1 aliphatic heterocycles. The highest BCUT2D eigenvalue weighted by Crippen LogP contribution is 2.26. The first-order chi connectivity index (χ1) is 9.97. The molecule has 6 heteroatoms. The zero-order valence-corrected chi connectivity index (χ0v) is 13.4. The molecular weight excluding hydrogens is 313 g/mol. The van der Waals surface area contributed by atoms with E-state index in [9.17, 15) is 9.90 Å². The largest absolute Gasteiger partial charge is 0.493 e. The normalized spacial score (nSPS) is 19.6. The van der Waals surface area contributed by atoms with Crippen molar-refractivity contribution >= 4 is 29.1 Å². The summed E-state index contributed by atoms with van der Waals surface area (Å²) in [4.78, 5) is 13.8. The molecule has 1 N–H and O–H groups in total. The van der Waals surface area contributed by atoms with Gasteiger partial charge in [-0.2, -0.15) is 0 Å². The molecule has 1 fully saturated rings. The minimum atomic E-state index is -0.366. The summed E-state index contributed by atoms with van der Waals surface area (Å²) in [5.74, 6) is 0.837. The maximum absolute atomic E-state index is 12.0. The minimum Gasteiger partial charge on any atom is -0.493 e. The van der Waals surface area contributed by atoms with Crippen molar-refractivity contribution in [3.8, 4) is 5.75 Å². The number of ether oxygens (including phenoxy) is 1. The van der Waals surface area contributed by atoms with Crippen molar-refractivity contribution < 1.29 is 14.6 Å². The Labute approximate surface area is 134 Å². The highest BCUT2D eigenvalue weighted by atomic mass is 35.5. The van der Waals surface area contributed by atoms with E-state index in [4.69, 9.17) is 27.9 Å². The number of aliphatic hydroxyl groups is 1. The summed E-state index contributed by atoms with van der Waals surface area (Å²) in [6.07, 6.45) is 0.805. The molecule has 0 spiro atoms. The van der Waals surface area contributed by atoms with Gasteiger partial charge in [0.15, 0.2) is 0 Å². The highest BCUT2D eigenvalue weighted by molar-refractivity contribution is 6.42. The third-order valence-electron chi connectivity index (χ3n) is 3.74. The van der Waals surface area contributed by atoms with Crippen LogP contribution in [0.1, 0.15) is 19.8 Å². The topological polar surface area (TPSA) is 49.8 Å². The summed E-state index contributed by atoms with van der Waals surface area (Å²) >= 11 is 11.7. The number of carbonyl (C=O) groups is 1. The highest BCUT2D eigenvalue weighted by Gasteiger charge is 2.28. The van der Waals surface area contributed by atoms with Crippen LogP contribution >= 0.6 is 23.2 Å². The van der Waals surface area contributed by atoms with Crippen LogP contribution in [-0.2, 0) is 4.79 Å². The molecule has 0 aromatic heterocycles. The molecule has 2 rings (SSSR count). The van der Waals surface area contributed by atoms with Crippen LogP contribution in [0.25, 0.3) is 0 Å². The average Bonchev–Trinajstić information content (AvgIpc) is 2.92. The third-order valence-corrected chi connectivity index (χ3v) is 4.47. The van der Waals surface area contributed by atoms with E-state index in [1.165, 1.54) is 0 Å². The fourth-order valence-electron chi connectivity index (χ4n) is 2.39. The Morgan fingerprint density at radius 3 is 2.86 bits per heavy atom. The van der Waals surface area contributed by atoms with Crippen LogP contribution in [0.3, 0.4) is 0 Å². The van der Waals surface area contributed by atoms with Gasteiger partial charge < -0.3 is 14.7 Å². The van der Waals surface area contributed by atoms with Gasteiger partial charge in [0.2, 0.25) is 5.91 Å². The van der Waals surface area contributed by atoms with E-state index >= 15 is 0 Å². The fourth-order valence-corrected chi connectivity index (χ4v) is 2.68. The van der Waals surface area contributed by atoms with Crippen molar-refractivity contribution in [3.05, 3.63) is 28.2 Å². The lowest BCUT2D eigenvalue weighted by Gasteiger charge is -2.18. The fraction of sp³-hybridized carbons (Fsp3) is 0.533. The molecule has 1 amide bonds. The number of nitrogens with zero attached hydrogens (tertiary/aromatic N) is 1. The van der Waals surface area contributed by atoms with Gasteiger partial charge in [-0.05, 0) is 25.5 Å². The van der Waals surface area contributed by atoms with Crippen molar-refractivity contribution in [2.75, 3.05) is 19.7 Å². The van der Waals surface area contributed by atoms with Crippen LogP contribution in [0.5, 0.6) is 5.75 Å². The summed E-state index contributed by atoms with van der Waals surface area (Å²) in [7, 11) is 0. The van der Waals surface area contributed by atoms with Gasteiger partial charge in [-0.1, -0.05) is 23.2 Å². The predicted octanol–water partition coefficient (Wildman–Crippen LogP) is 2.99. The van der Waals surface area contributed by atoms with Crippen molar-refractivity contribution in [1.82, 2.24) is 4.90 Å². The van der Waals surface area contributed by atoms with E-state index < -0.39 is 0 Å². The molecule has 0 saturated carbocycles. The second-order valence-corrected chi connectivity index (χ2v) is 6.12. The third kappa shape index (κ3) is 4.50. The van der Waals surface area contributed by atoms with E-state index in [0.717, 1.165) is 6.42 Å². The van der Waals surface area contributed by atoms with E-state index in [2.05, 4.69) is 0 Å². The Morgan fingerprint density at radius 2 is 2.24 bits per heavy atom. The lowest BCUT2D eigenvalue weighted by atomic mass is 10.0. The number of aliphatic hydroxyl groups excluding tert-OH is 1. The Kier molecular flexibility index (Phi) is 5.73. The van der Waals surface area contributed by atoms with E-state index in [-0.39, 0.29) is 17.9 Å². The minimum absolute atomic E-state index is 0.0539. The monoisotopic (exact) mass is 331 g/mol. The Morgan fingerprint density at radius 1 is 1.48 bits per heavy atom. The van der Waals surface area contributed by atoms with Gasteiger partial charge in [0, 0.05) is 25.1 Å². The molecule has 0 radical (unpaired) electrons. The second kappa shape index (κ2) is 7.34. The summed E-state index contributed by atoms with van der Waals surface area (Å²) < 4.78 is 5.51. The number of hydrogen-bond donors (Lipinski definition) is 1. The number of amides is 1. The first-order valence-electron chi connectivity index (χ1n) is 7.01. The predicted molar refractivity (Wildman–Crippen MR) is 82.9 cm³/mol. The van der Waals surface area contributed by atoms with Crippen molar-refractivity contribution in [1.29, 1.82) is 0 Å². The number of likely N-dealkylation sites (tertiary alicyclic amines) is 1. The molecule has 1 aromatic rings. The molecule has 1 aromatic carbocycles. The van der Waals surface area contributed by atoms with Crippen LogP contribution in [0.15, 0.2) is 18.2 Å². The molecule has 116 valence electrons.